The van der Waals surface area contributed by atoms with Gasteiger partial charge >= 0.3 is 5.97 Å². The van der Waals surface area contributed by atoms with E-state index in [0.29, 0.717) is 6.54 Å². The summed E-state index contributed by atoms with van der Waals surface area (Å²) < 4.78 is 15.3. The van der Waals surface area contributed by atoms with E-state index in [0.717, 1.165) is 6.07 Å². The van der Waals surface area contributed by atoms with Crippen LogP contribution in [0.3, 0.4) is 0 Å². The predicted molar refractivity (Wildman–Crippen MR) is 84.4 cm³/mol. The first kappa shape index (κ1) is 19.2. The zero-order chi connectivity index (χ0) is 18.3. The van der Waals surface area contributed by atoms with Gasteiger partial charge in [0.1, 0.15) is 5.56 Å². The van der Waals surface area contributed by atoms with Gasteiger partial charge in [0, 0.05) is 12.6 Å². The molecular weight excluding hydrogens is 320 g/mol. The SMILES string of the molecule is CCNC(=O)[C@H](C)OC(=O)c1cc(OCC)c(OC)cc1[N+](=O)[O-]. The minimum Gasteiger partial charge on any atom is -0.493 e. The molecule has 0 heterocycles. The summed E-state index contributed by atoms with van der Waals surface area (Å²) in [4.78, 5) is 34.4. The van der Waals surface area contributed by atoms with E-state index >= 15 is 0 Å². The Kier molecular flexibility index (Phi) is 6.97. The van der Waals surface area contributed by atoms with Gasteiger partial charge in [0.25, 0.3) is 11.6 Å². The molecule has 132 valence electrons. The summed E-state index contributed by atoms with van der Waals surface area (Å²) in [6.07, 6.45) is -1.09. The van der Waals surface area contributed by atoms with Crippen LogP contribution in [0.4, 0.5) is 5.69 Å². The van der Waals surface area contributed by atoms with E-state index < -0.39 is 28.6 Å². The Morgan fingerprint density at radius 1 is 1.29 bits per heavy atom. The van der Waals surface area contributed by atoms with Gasteiger partial charge in [0.2, 0.25) is 0 Å². The maximum Gasteiger partial charge on any atom is 0.346 e. The van der Waals surface area contributed by atoms with Crippen LogP contribution in [0.1, 0.15) is 31.1 Å². The third kappa shape index (κ3) is 4.58. The highest BCUT2D eigenvalue weighted by atomic mass is 16.6. The minimum absolute atomic E-state index is 0.122. The number of nitrogens with one attached hydrogen (secondary N) is 1. The van der Waals surface area contributed by atoms with Gasteiger partial charge in [-0.2, -0.15) is 0 Å². The van der Waals surface area contributed by atoms with E-state index in [1.807, 2.05) is 0 Å². The molecule has 0 bridgehead atoms. The lowest BCUT2D eigenvalue weighted by atomic mass is 10.1. The van der Waals surface area contributed by atoms with Gasteiger partial charge in [0.05, 0.1) is 24.7 Å². The zero-order valence-electron chi connectivity index (χ0n) is 14.0. The fourth-order valence-electron chi connectivity index (χ4n) is 1.89. The Morgan fingerprint density at radius 2 is 1.96 bits per heavy atom. The van der Waals surface area contributed by atoms with Crippen molar-refractivity contribution in [3.05, 3.63) is 27.8 Å². The van der Waals surface area contributed by atoms with E-state index in [-0.39, 0.29) is 23.7 Å². The molecule has 0 aliphatic heterocycles. The van der Waals surface area contributed by atoms with Crippen LogP contribution in [0, 0.1) is 10.1 Å². The van der Waals surface area contributed by atoms with Gasteiger partial charge in [-0.05, 0) is 20.8 Å². The maximum atomic E-state index is 12.2. The Bertz CT molecular complexity index is 630. The largest absolute Gasteiger partial charge is 0.493 e. The Morgan fingerprint density at radius 3 is 2.46 bits per heavy atom. The highest BCUT2D eigenvalue weighted by Crippen LogP contribution is 2.35. The van der Waals surface area contributed by atoms with Crippen LogP contribution in [-0.2, 0) is 9.53 Å². The Hall–Kier alpha value is -2.84. The van der Waals surface area contributed by atoms with E-state index in [4.69, 9.17) is 14.2 Å². The first-order chi connectivity index (χ1) is 11.3. The number of likely N-dealkylation sites (N-methyl/N-ethyl adjacent to an activating group) is 1. The normalized spacial score (nSPS) is 11.3. The molecule has 1 atom stereocenters. The van der Waals surface area contributed by atoms with Crippen LogP contribution >= 0.6 is 0 Å². The van der Waals surface area contributed by atoms with Crippen molar-refractivity contribution in [2.45, 2.75) is 26.9 Å². The molecule has 0 aliphatic rings. The molecule has 0 aromatic heterocycles. The van der Waals surface area contributed by atoms with Crippen molar-refractivity contribution in [2.24, 2.45) is 0 Å². The number of hydrogen-bond donors (Lipinski definition) is 1. The lowest BCUT2D eigenvalue weighted by Crippen LogP contribution is -2.35. The summed E-state index contributed by atoms with van der Waals surface area (Å²) in [6.45, 7) is 5.46. The third-order valence-electron chi connectivity index (χ3n) is 3.00. The molecule has 9 nitrogen and oxygen atoms in total. The number of nitro groups is 1. The molecule has 0 spiro atoms. The van der Waals surface area contributed by atoms with Crippen molar-refractivity contribution in [3.63, 3.8) is 0 Å². The smallest absolute Gasteiger partial charge is 0.346 e. The molecule has 1 N–H and O–H groups in total. The number of carbonyl (C=O) groups excluding carboxylic acids is 2. The van der Waals surface area contributed by atoms with Crippen molar-refractivity contribution in [1.29, 1.82) is 0 Å². The predicted octanol–water partition coefficient (Wildman–Crippen LogP) is 1.68. The van der Waals surface area contributed by atoms with E-state index in [9.17, 15) is 19.7 Å². The molecule has 0 fully saturated rings. The van der Waals surface area contributed by atoms with E-state index in [1.54, 1.807) is 13.8 Å². The number of benzene rings is 1. The van der Waals surface area contributed by atoms with Crippen LogP contribution in [-0.4, -0.2) is 43.2 Å². The van der Waals surface area contributed by atoms with Gasteiger partial charge in [-0.1, -0.05) is 0 Å². The number of methoxy groups -OCH3 is 1. The van der Waals surface area contributed by atoms with Gasteiger partial charge in [0.15, 0.2) is 17.6 Å². The van der Waals surface area contributed by atoms with Gasteiger partial charge in [-0.25, -0.2) is 4.79 Å². The Labute approximate surface area is 139 Å². The van der Waals surface area contributed by atoms with Crippen LogP contribution in [0.15, 0.2) is 12.1 Å². The molecule has 0 unspecified atom stereocenters. The molecule has 24 heavy (non-hydrogen) atoms. The van der Waals surface area contributed by atoms with Crippen molar-refractivity contribution in [1.82, 2.24) is 5.32 Å². The zero-order valence-corrected chi connectivity index (χ0v) is 14.0. The molecule has 1 amide bonds. The Balaban J connectivity index is 3.19. The van der Waals surface area contributed by atoms with Crippen molar-refractivity contribution >= 4 is 17.6 Å². The second kappa shape index (κ2) is 8.70. The standard InChI is InChI=1S/C15H20N2O7/c1-5-16-14(18)9(3)24-15(19)10-7-13(23-6-2)12(22-4)8-11(10)17(20)21/h7-9H,5-6H2,1-4H3,(H,16,18)/t9-/m0/s1. The minimum atomic E-state index is -1.09. The number of amides is 1. The average molecular weight is 340 g/mol. The number of rotatable bonds is 8. The summed E-state index contributed by atoms with van der Waals surface area (Å²) in [5, 5.41) is 13.7. The maximum absolute atomic E-state index is 12.2. The van der Waals surface area contributed by atoms with Gasteiger partial charge in [-0.3, -0.25) is 14.9 Å². The highest BCUT2D eigenvalue weighted by molar-refractivity contribution is 5.96. The summed E-state index contributed by atoms with van der Waals surface area (Å²) >= 11 is 0. The summed E-state index contributed by atoms with van der Waals surface area (Å²) in [7, 11) is 1.33. The topological polar surface area (TPSA) is 117 Å². The molecule has 1 rings (SSSR count). The van der Waals surface area contributed by atoms with Crippen LogP contribution in [0.25, 0.3) is 0 Å². The third-order valence-corrected chi connectivity index (χ3v) is 3.00. The fraction of sp³-hybridized carbons (Fsp3) is 0.467. The first-order valence-electron chi connectivity index (χ1n) is 7.33. The van der Waals surface area contributed by atoms with Crippen molar-refractivity contribution in [2.75, 3.05) is 20.3 Å². The average Bonchev–Trinajstić information content (AvgIpc) is 2.54. The second-order valence-electron chi connectivity index (χ2n) is 4.65. The number of nitro benzene ring substituents is 1. The lowest BCUT2D eigenvalue weighted by Gasteiger charge is -2.14. The molecule has 9 heteroatoms. The molecule has 1 aromatic rings. The quantitative estimate of drug-likeness (QED) is 0.434. The molecule has 0 saturated heterocycles. The van der Waals surface area contributed by atoms with Crippen LogP contribution in [0.5, 0.6) is 11.5 Å². The monoisotopic (exact) mass is 340 g/mol. The van der Waals surface area contributed by atoms with Crippen LogP contribution in [0.2, 0.25) is 0 Å². The highest BCUT2D eigenvalue weighted by Gasteiger charge is 2.28. The second-order valence-corrected chi connectivity index (χ2v) is 4.65. The molecule has 0 aliphatic carbocycles. The van der Waals surface area contributed by atoms with E-state index in [2.05, 4.69) is 5.32 Å². The summed E-state index contributed by atoms with van der Waals surface area (Å²) in [6, 6.07) is 2.26. The molecule has 0 radical (unpaired) electrons. The number of nitrogens with zero attached hydrogens (tertiary/aromatic N) is 1. The first-order valence-corrected chi connectivity index (χ1v) is 7.33. The summed E-state index contributed by atoms with van der Waals surface area (Å²) in [5.74, 6) is -1.20. The molecule has 1 aromatic carbocycles. The van der Waals surface area contributed by atoms with Gasteiger partial charge in [-0.15, -0.1) is 0 Å². The van der Waals surface area contributed by atoms with Crippen molar-refractivity contribution in [3.8, 4) is 11.5 Å². The molecule has 0 saturated carbocycles. The number of ether oxygens (including phenoxy) is 3. The van der Waals surface area contributed by atoms with Crippen LogP contribution < -0.4 is 14.8 Å². The van der Waals surface area contributed by atoms with Crippen molar-refractivity contribution < 1.29 is 28.7 Å². The molecular formula is C15H20N2O7. The van der Waals surface area contributed by atoms with Gasteiger partial charge < -0.3 is 19.5 Å². The van der Waals surface area contributed by atoms with E-state index in [1.165, 1.54) is 20.1 Å². The fourth-order valence-corrected chi connectivity index (χ4v) is 1.89. The lowest BCUT2D eigenvalue weighted by molar-refractivity contribution is -0.385. The number of hydrogen-bond acceptors (Lipinski definition) is 7. The summed E-state index contributed by atoms with van der Waals surface area (Å²) in [5.41, 5.74) is -0.816. The number of esters is 1. The number of carbonyl (C=O) groups is 2.